The fraction of sp³-hybridized carbons (Fsp3) is 0.400. The molecule has 27 heavy (non-hydrogen) atoms. The molecule has 0 aliphatic carbocycles. The number of nitrogen functional groups attached to an aromatic ring is 1. The lowest BCUT2D eigenvalue weighted by atomic mass is 9.86. The van der Waals surface area contributed by atoms with E-state index in [1.165, 1.54) is 0 Å². The molecule has 1 aromatic heterocycles. The maximum absolute atomic E-state index is 12.9. The Kier molecular flexibility index (Phi) is 5.12. The first-order valence-corrected chi connectivity index (χ1v) is 8.93. The number of likely N-dealkylation sites (tertiary alicyclic amines) is 1. The molecule has 142 valence electrons. The largest absolute Gasteiger partial charge is 0.481 e. The van der Waals surface area contributed by atoms with Crippen LogP contribution < -0.4 is 5.73 Å². The zero-order valence-corrected chi connectivity index (χ0v) is 15.8. The average molecular weight is 368 g/mol. The summed E-state index contributed by atoms with van der Waals surface area (Å²) in [6.45, 7) is 6.18. The Balaban J connectivity index is 1.83. The normalized spacial score (nSPS) is 19.3. The van der Waals surface area contributed by atoms with E-state index in [0.717, 1.165) is 16.7 Å². The van der Waals surface area contributed by atoms with Gasteiger partial charge in [0.25, 0.3) is 0 Å². The van der Waals surface area contributed by atoms with E-state index in [0.29, 0.717) is 17.9 Å². The first-order chi connectivity index (χ1) is 12.8. The predicted molar refractivity (Wildman–Crippen MR) is 101 cm³/mol. The molecule has 2 aromatic rings. The maximum atomic E-state index is 12.9. The van der Waals surface area contributed by atoms with Crippen LogP contribution in [0.1, 0.15) is 34.0 Å². The number of nitrogens with two attached hydrogens (primary N) is 1. The smallest absolute Gasteiger partial charge is 0.308 e. The van der Waals surface area contributed by atoms with Gasteiger partial charge in [-0.2, -0.15) is 0 Å². The predicted octanol–water partition coefficient (Wildman–Crippen LogP) is 1.85. The Hall–Kier alpha value is -2.96. The zero-order chi connectivity index (χ0) is 19.7. The van der Waals surface area contributed by atoms with E-state index in [-0.39, 0.29) is 30.7 Å². The van der Waals surface area contributed by atoms with Crippen molar-refractivity contribution >= 4 is 17.8 Å². The van der Waals surface area contributed by atoms with Crippen molar-refractivity contribution in [3.8, 4) is 0 Å². The minimum Gasteiger partial charge on any atom is -0.481 e. The summed E-state index contributed by atoms with van der Waals surface area (Å²) < 4.78 is 0. The molecule has 2 heterocycles. The molecule has 0 unspecified atom stereocenters. The first-order valence-electron chi connectivity index (χ1n) is 8.93. The number of carboxylic acid groups (broad SMARTS) is 1. The number of carbonyl (C=O) groups excluding carboxylic acids is 1. The number of aliphatic carboxylic acids is 1. The van der Waals surface area contributed by atoms with E-state index in [2.05, 4.69) is 9.97 Å². The molecule has 7 heteroatoms. The van der Waals surface area contributed by atoms with Gasteiger partial charge in [0.1, 0.15) is 0 Å². The average Bonchev–Trinajstić information content (AvgIpc) is 3.04. The summed E-state index contributed by atoms with van der Waals surface area (Å²) >= 11 is 0. The van der Waals surface area contributed by atoms with Crippen molar-refractivity contribution < 1.29 is 14.7 Å². The minimum absolute atomic E-state index is 0.114. The lowest BCUT2D eigenvalue weighted by Crippen LogP contribution is -2.31. The Morgan fingerprint density at radius 1 is 1.15 bits per heavy atom. The highest BCUT2D eigenvalue weighted by molar-refractivity contribution is 5.82. The first kappa shape index (κ1) is 18.8. The fourth-order valence-corrected chi connectivity index (χ4v) is 3.86. The summed E-state index contributed by atoms with van der Waals surface area (Å²) in [4.78, 5) is 34.6. The van der Waals surface area contributed by atoms with Crippen molar-refractivity contribution in [2.45, 2.75) is 33.1 Å². The third-order valence-corrected chi connectivity index (χ3v) is 5.34. The molecule has 0 bridgehead atoms. The molecule has 1 fully saturated rings. The topological polar surface area (TPSA) is 109 Å². The van der Waals surface area contributed by atoms with Crippen LogP contribution in [0.15, 0.2) is 24.3 Å². The van der Waals surface area contributed by atoms with Crippen molar-refractivity contribution in [2.75, 3.05) is 18.8 Å². The molecule has 0 saturated carbocycles. The van der Waals surface area contributed by atoms with Gasteiger partial charge in [0.2, 0.25) is 11.9 Å². The third-order valence-electron chi connectivity index (χ3n) is 5.34. The van der Waals surface area contributed by atoms with E-state index in [9.17, 15) is 14.7 Å². The van der Waals surface area contributed by atoms with E-state index in [1.807, 2.05) is 31.2 Å². The molecule has 1 aliphatic rings. The number of aromatic nitrogens is 2. The van der Waals surface area contributed by atoms with E-state index >= 15 is 0 Å². The van der Waals surface area contributed by atoms with Crippen LogP contribution in [0.4, 0.5) is 5.95 Å². The summed E-state index contributed by atoms with van der Waals surface area (Å²) in [6.07, 6.45) is 0.144. The number of hydrogen-bond acceptors (Lipinski definition) is 5. The summed E-state index contributed by atoms with van der Waals surface area (Å²) in [5.74, 6) is -1.62. The number of aryl methyl sites for hydroxylation is 3. The highest BCUT2D eigenvalue weighted by Gasteiger charge is 2.41. The Bertz CT molecular complexity index is 874. The van der Waals surface area contributed by atoms with Crippen LogP contribution in [0.3, 0.4) is 0 Å². The quantitative estimate of drug-likeness (QED) is 0.852. The Morgan fingerprint density at radius 2 is 1.78 bits per heavy atom. The van der Waals surface area contributed by atoms with Crippen LogP contribution in [-0.2, 0) is 16.0 Å². The fourth-order valence-electron chi connectivity index (χ4n) is 3.86. The molecule has 0 radical (unpaired) electrons. The van der Waals surface area contributed by atoms with Crippen LogP contribution in [0, 0.1) is 26.7 Å². The number of carboxylic acids is 1. The van der Waals surface area contributed by atoms with Crippen molar-refractivity contribution in [1.29, 1.82) is 0 Å². The molecule has 2 atom stereocenters. The molecule has 1 aliphatic heterocycles. The molecule has 3 rings (SSSR count). The van der Waals surface area contributed by atoms with Crippen molar-refractivity contribution in [1.82, 2.24) is 14.9 Å². The van der Waals surface area contributed by atoms with E-state index < -0.39 is 11.9 Å². The highest BCUT2D eigenvalue weighted by atomic mass is 16.4. The molecular formula is C20H24N4O3. The molecular weight excluding hydrogens is 344 g/mol. The molecule has 7 nitrogen and oxygen atoms in total. The number of anilines is 1. The summed E-state index contributed by atoms with van der Waals surface area (Å²) in [5.41, 5.74) is 9.79. The SMILES string of the molecule is Cc1ccccc1[C@@H]1CN(C(=O)Cc2c(C)nc(N)nc2C)C[C@H]1C(=O)O. The van der Waals surface area contributed by atoms with Crippen LogP contribution >= 0.6 is 0 Å². The Labute approximate surface area is 158 Å². The van der Waals surface area contributed by atoms with Gasteiger partial charge in [-0.1, -0.05) is 24.3 Å². The van der Waals surface area contributed by atoms with Crippen LogP contribution in [-0.4, -0.2) is 44.9 Å². The monoisotopic (exact) mass is 368 g/mol. The van der Waals surface area contributed by atoms with Gasteiger partial charge >= 0.3 is 5.97 Å². The van der Waals surface area contributed by atoms with Crippen LogP contribution in [0.2, 0.25) is 0 Å². The van der Waals surface area contributed by atoms with Crippen molar-refractivity contribution in [3.05, 3.63) is 52.3 Å². The number of rotatable bonds is 4. The number of amides is 1. The van der Waals surface area contributed by atoms with Gasteiger partial charge in [-0.3, -0.25) is 9.59 Å². The van der Waals surface area contributed by atoms with Gasteiger partial charge in [0.05, 0.1) is 12.3 Å². The van der Waals surface area contributed by atoms with Gasteiger partial charge in [-0.15, -0.1) is 0 Å². The lowest BCUT2D eigenvalue weighted by molar-refractivity contribution is -0.141. The van der Waals surface area contributed by atoms with Gasteiger partial charge in [0, 0.05) is 36.0 Å². The number of hydrogen-bond donors (Lipinski definition) is 2. The van der Waals surface area contributed by atoms with Crippen molar-refractivity contribution in [3.63, 3.8) is 0 Å². The van der Waals surface area contributed by atoms with E-state index in [4.69, 9.17) is 5.73 Å². The lowest BCUT2D eigenvalue weighted by Gasteiger charge is -2.18. The van der Waals surface area contributed by atoms with Gasteiger partial charge < -0.3 is 15.7 Å². The second-order valence-corrected chi connectivity index (χ2v) is 7.11. The van der Waals surface area contributed by atoms with Crippen LogP contribution in [0.25, 0.3) is 0 Å². The molecule has 1 aromatic carbocycles. The zero-order valence-electron chi connectivity index (χ0n) is 15.8. The summed E-state index contributed by atoms with van der Waals surface area (Å²) in [7, 11) is 0. The van der Waals surface area contributed by atoms with Crippen molar-refractivity contribution in [2.24, 2.45) is 5.92 Å². The second kappa shape index (κ2) is 7.34. The molecule has 1 saturated heterocycles. The van der Waals surface area contributed by atoms with Gasteiger partial charge in [0.15, 0.2) is 0 Å². The van der Waals surface area contributed by atoms with Gasteiger partial charge in [-0.05, 0) is 31.9 Å². The molecule has 1 amide bonds. The van der Waals surface area contributed by atoms with Crippen LogP contribution in [0.5, 0.6) is 0 Å². The number of benzene rings is 1. The third kappa shape index (κ3) is 3.77. The molecule has 3 N–H and O–H groups in total. The van der Waals surface area contributed by atoms with E-state index in [1.54, 1.807) is 18.7 Å². The number of nitrogens with zero attached hydrogens (tertiary/aromatic N) is 3. The Morgan fingerprint density at radius 3 is 2.37 bits per heavy atom. The summed E-state index contributed by atoms with van der Waals surface area (Å²) in [6, 6.07) is 7.76. The standard InChI is InChI=1S/C20H24N4O3/c1-11-6-4-5-7-14(11)16-9-24(10-17(16)19(26)27)18(25)8-15-12(2)22-20(21)23-13(15)3/h4-7,16-17H,8-10H2,1-3H3,(H,26,27)(H2,21,22,23)/t16-,17+/m0/s1. The summed E-state index contributed by atoms with van der Waals surface area (Å²) in [5, 5.41) is 9.67. The van der Waals surface area contributed by atoms with Gasteiger partial charge in [-0.25, -0.2) is 9.97 Å². The maximum Gasteiger partial charge on any atom is 0.308 e. The molecule has 0 spiro atoms. The number of carbonyl (C=O) groups is 2. The highest BCUT2D eigenvalue weighted by Crippen LogP contribution is 2.35. The second-order valence-electron chi connectivity index (χ2n) is 7.11. The minimum atomic E-state index is -0.873.